The molecule has 0 unspecified atom stereocenters. The van der Waals surface area contributed by atoms with Crippen LogP contribution in [0.15, 0.2) is 72.4 Å². The molecule has 0 aromatic heterocycles. The molecular formula is C33H46F3NO4. The Bertz CT molecular complexity index is 1100. The van der Waals surface area contributed by atoms with Gasteiger partial charge in [0.2, 0.25) is 0 Å². The predicted molar refractivity (Wildman–Crippen MR) is 162 cm³/mol. The summed E-state index contributed by atoms with van der Waals surface area (Å²) in [7, 11) is 0. The molecule has 0 N–H and O–H groups in total. The van der Waals surface area contributed by atoms with Crippen molar-refractivity contribution >= 4 is 17.6 Å². The van der Waals surface area contributed by atoms with Gasteiger partial charge in [-0.2, -0.15) is 13.2 Å². The van der Waals surface area contributed by atoms with E-state index in [2.05, 4.69) is 6.58 Å². The topological polar surface area (TPSA) is 55.8 Å². The van der Waals surface area contributed by atoms with Crippen LogP contribution in [0.25, 0.3) is 5.57 Å². The molecule has 0 bridgehead atoms. The lowest BCUT2D eigenvalue weighted by Gasteiger charge is -2.24. The van der Waals surface area contributed by atoms with Crippen molar-refractivity contribution in [2.45, 2.75) is 73.9 Å². The Kier molecular flexibility index (Phi) is 18.6. The van der Waals surface area contributed by atoms with E-state index in [1.54, 1.807) is 51.2 Å². The Morgan fingerprint density at radius 1 is 1.02 bits per heavy atom. The van der Waals surface area contributed by atoms with Gasteiger partial charge in [-0.25, -0.2) is 4.79 Å². The van der Waals surface area contributed by atoms with Crippen molar-refractivity contribution in [1.82, 2.24) is 4.90 Å². The molecule has 0 saturated carbocycles. The maximum absolute atomic E-state index is 13.3. The number of carbonyl (C=O) groups is 2. The van der Waals surface area contributed by atoms with Crippen LogP contribution in [0.4, 0.5) is 18.0 Å². The Labute approximate surface area is 244 Å². The number of amides is 1. The number of likely N-dealkylation sites (N-methyl/N-ethyl adjacent to an activating group) is 1. The highest BCUT2D eigenvalue weighted by Crippen LogP contribution is 2.30. The van der Waals surface area contributed by atoms with Gasteiger partial charge in [-0.1, -0.05) is 82.0 Å². The van der Waals surface area contributed by atoms with Crippen LogP contribution in [-0.2, 0) is 27.1 Å². The maximum Gasteiger partial charge on any atom is 0.410 e. The molecule has 8 heteroatoms. The first-order valence-corrected chi connectivity index (χ1v) is 14.1. The van der Waals surface area contributed by atoms with Crippen LogP contribution in [0, 0.1) is 0 Å². The normalized spacial score (nSPS) is 12.5. The van der Waals surface area contributed by atoms with Gasteiger partial charge in [0.05, 0.1) is 19.4 Å². The van der Waals surface area contributed by atoms with Crippen LogP contribution in [0.2, 0.25) is 0 Å². The lowest BCUT2D eigenvalue weighted by Crippen LogP contribution is -2.34. The van der Waals surface area contributed by atoms with Crippen molar-refractivity contribution < 1.29 is 32.2 Å². The quantitative estimate of drug-likeness (QED) is 0.164. The molecule has 1 aromatic rings. The number of esters is 1. The van der Waals surface area contributed by atoms with E-state index < -0.39 is 18.7 Å². The van der Waals surface area contributed by atoms with E-state index in [1.165, 1.54) is 4.90 Å². The average molecular weight is 578 g/mol. The fraction of sp³-hybridized carbons (Fsp3) is 0.455. The molecule has 5 nitrogen and oxygen atoms in total. The average Bonchev–Trinajstić information content (AvgIpc) is 2.95. The van der Waals surface area contributed by atoms with E-state index in [0.717, 1.165) is 22.8 Å². The number of aryl methyl sites for hydroxylation is 1. The van der Waals surface area contributed by atoms with Crippen LogP contribution in [-0.4, -0.2) is 49.4 Å². The minimum atomic E-state index is -4.42. The van der Waals surface area contributed by atoms with Gasteiger partial charge in [0.1, 0.15) is 6.61 Å². The van der Waals surface area contributed by atoms with E-state index >= 15 is 0 Å². The number of nitrogens with zero attached hydrogens (tertiary/aromatic N) is 1. The number of allylic oxidation sites excluding steroid dienone is 5. The molecule has 1 aromatic carbocycles. The molecule has 0 fully saturated rings. The largest absolute Gasteiger partial charge is 0.466 e. The number of rotatable bonds is 14. The van der Waals surface area contributed by atoms with Crippen molar-refractivity contribution in [3.8, 4) is 0 Å². The molecule has 0 atom stereocenters. The minimum absolute atomic E-state index is 0.0178. The molecule has 0 saturated heterocycles. The summed E-state index contributed by atoms with van der Waals surface area (Å²) in [6, 6.07) is 5.50. The first-order valence-electron chi connectivity index (χ1n) is 14.1. The van der Waals surface area contributed by atoms with E-state index in [-0.39, 0.29) is 38.7 Å². The zero-order valence-corrected chi connectivity index (χ0v) is 25.6. The zero-order chi connectivity index (χ0) is 31.4. The van der Waals surface area contributed by atoms with E-state index in [9.17, 15) is 22.8 Å². The standard InChI is InChI=1S/C31H40F3NO4.C2H6/c1-7-13-14-23(8-2)22-39-30(37)35(11-5)21-26(17-18-31(32,33)34)28(10-4)25-16-15-24(9-3)27(19-25)20-29(36)38-12-6;1-2/h7-8,10,13-17,19H,1,9,11-12,18,20-22H2,2-6H3;1-2H3/b14-13-,23-8+,26-17-,28-10-;. The van der Waals surface area contributed by atoms with Gasteiger partial charge in [-0.15, -0.1) is 0 Å². The minimum Gasteiger partial charge on any atom is -0.466 e. The molecule has 228 valence electrons. The molecule has 1 rings (SSSR count). The second kappa shape index (κ2) is 20.3. The molecule has 0 heterocycles. The number of hydrogen-bond acceptors (Lipinski definition) is 4. The van der Waals surface area contributed by atoms with Crippen molar-refractivity contribution in [2.24, 2.45) is 0 Å². The highest BCUT2D eigenvalue weighted by Gasteiger charge is 2.27. The summed E-state index contributed by atoms with van der Waals surface area (Å²) >= 11 is 0. The Balaban J connectivity index is 0.00000781. The first-order chi connectivity index (χ1) is 19.5. The number of hydrogen-bond donors (Lipinski definition) is 0. The van der Waals surface area contributed by atoms with E-state index in [4.69, 9.17) is 9.47 Å². The van der Waals surface area contributed by atoms with Crippen LogP contribution >= 0.6 is 0 Å². The maximum atomic E-state index is 13.3. The molecule has 1 amide bonds. The van der Waals surface area contributed by atoms with E-state index in [1.807, 2.05) is 45.9 Å². The number of halogens is 3. The summed E-state index contributed by atoms with van der Waals surface area (Å²) in [6.45, 7) is 17.0. The number of benzene rings is 1. The molecular weight excluding hydrogens is 531 g/mol. The van der Waals surface area contributed by atoms with Crippen molar-refractivity contribution in [3.05, 3.63) is 89.1 Å². The Morgan fingerprint density at radius 2 is 1.71 bits per heavy atom. The number of alkyl halides is 3. The second-order valence-corrected chi connectivity index (χ2v) is 8.60. The molecule has 0 aliphatic carbocycles. The fourth-order valence-electron chi connectivity index (χ4n) is 3.87. The van der Waals surface area contributed by atoms with Gasteiger partial charge < -0.3 is 14.4 Å². The summed E-state index contributed by atoms with van der Waals surface area (Å²) < 4.78 is 50.3. The summed E-state index contributed by atoms with van der Waals surface area (Å²) in [5.74, 6) is -0.373. The highest BCUT2D eigenvalue weighted by atomic mass is 19.4. The summed E-state index contributed by atoms with van der Waals surface area (Å²) in [4.78, 5) is 26.4. The van der Waals surface area contributed by atoms with Gasteiger partial charge in [-0.3, -0.25) is 4.79 Å². The number of ether oxygens (including phenoxy) is 2. The Hall–Kier alpha value is -3.55. The third-order valence-corrected chi connectivity index (χ3v) is 5.93. The number of carbonyl (C=O) groups excluding carboxylic acids is 2. The van der Waals surface area contributed by atoms with Gasteiger partial charge in [0.15, 0.2) is 0 Å². The predicted octanol–water partition coefficient (Wildman–Crippen LogP) is 8.81. The monoisotopic (exact) mass is 577 g/mol. The van der Waals surface area contributed by atoms with Crippen molar-refractivity contribution in [3.63, 3.8) is 0 Å². The molecule has 0 spiro atoms. The Morgan fingerprint density at radius 3 is 2.22 bits per heavy atom. The van der Waals surface area contributed by atoms with Gasteiger partial charge in [0, 0.05) is 13.1 Å². The van der Waals surface area contributed by atoms with Crippen LogP contribution in [0.3, 0.4) is 0 Å². The van der Waals surface area contributed by atoms with Gasteiger partial charge in [-0.05, 0) is 67.5 Å². The van der Waals surface area contributed by atoms with Crippen molar-refractivity contribution in [2.75, 3.05) is 26.3 Å². The smallest absolute Gasteiger partial charge is 0.410 e. The van der Waals surface area contributed by atoms with Crippen LogP contribution in [0.5, 0.6) is 0 Å². The van der Waals surface area contributed by atoms with Crippen LogP contribution < -0.4 is 0 Å². The van der Waals surface area contributed by atoms with Crippen molar-refractivity contribution in [1.29, 1.82) is 0 Å². The SMILES string of the molecule is C=C/C=C\C(=C/C)COC(=O)N(CC)CC(=C/CC(F)(F)F)/C(=C\C)c1ccc(CC)c(CC(=O)OCC)c1.CC. The third kappa shape index (κ3) is 14.1. The molecule has 0 radical (unpaired) electrons. The highest BCUT2D eigenvalue weighted by molar-refractivity contribution is 5.82. The lowest BCUT2D eigenvalue weighted by atomic mass is 9.91. The second-order valence-electron chi connectivity index (χ2n) is 8.60. The zero-order valence-electron chi connectivity index (χ0n) is 25.6. The van der Waals surface area contributed by atoms with Crippen LogP contribution in [0.1, 0.15) is 71.6 Å². The van der Waals surface area contributed by atoms with Gasteiger partial charge in [0.25, 0.3) is 0 Å². The lowest BCUT2D eigenvalue weighted by molar-refractivity contribution is -0.142. The fourth-order valence-corrected chi connectivity index (χ4v) is 3.87. The summed E-state index contributed by atoms with van der Waals surface area (Å²) in [6.07, 6.45) is 4.24. The first kappa shape index (κ1) is 37.5. The van der Waals surface area contributed by atoms with E-state index in [0.29, 0.717) is 23.1 Å². The summed E-state index contributed by atoms with van der Waals surface area (Å²) in [5.41, 5.74) is 3.98. The van der Waals surface area contributed by atoms with Gasteiger partial charge >= 0.3 is 18.2 Å². The summed E-state index contributed by atoms with van der Waals surface area (Å²) in [5, 5.41) is 0. The molecule has 0 aliphatic rings. The third-order valence-electron chi connectivity index (χ3n) is 5.93. The molecule has 0 aliphatic heterocycles. The molecule has 41 heavy (non-hydrogen) atoms.